The van der Waals surface area contributed by atoms with Crippen molar-refractivity contribution in [2.75, 3.05) is 25.6 Å². The minimum Gasteiger partial charge on any atom is -0.383 e. The summed E-state index contributed by atoms with van der Waals surface area (Å²) in [6.45, 7) is 0.370. The van der Waals surface area contributed by atoms with Gasteiger partial charge in [0.25, 0.3) is 11.8 Å². The number of hydrogen-bond donors (Lipinski definition) is 1. The number of rotatable bonds is 6. The van der Waals surface area contributed by atoms with Crippen molar-refractivity contribution in [2.45, 2.75) is 0 Å². The Kier molecular flexibility index (Phi) is 5.10. The molecule has 29 heavy (non-hydrogen) atoms. The number of carbonyl (C=O) groups excluding carboxylic acids is 2. The fourth-order valence-corrected chi connectivity index (χ4v) is 3.43. The Balaban J connectivity index is 1.81. The van der Waals surface area contributed by atoms with Crippen LogP contribution in [0.2, 0.25) is 0 Å². The van der Waals surface area contributed by atoms with Crippen LogP contribution >= 0.6 is 0 Å². The molecular formula is C23H19FN2O3. The van der Waals surface area contributed by atoms with E-state index in [1.165, 1.54) is 31.4 Å². The number of nitrogens with zero attached hydrogens (tertiary/aromatic N) is 1. The average molecular weight is 390 g/mol. The first-order chi connectivity index (χ1) is 14.1. The number of carbonyl (C=O) groups is 2. The zero-order valence-corrected chi connectivity index (χ0v) is 15.8. The van der Waals surface area contributed by atoms with Crippen molar-refractivity contribution in [3.05, 3.63) is 83.8 Å². The van der Waals surface area contributed by atoms with E-state index in [-0.39, 0.29) is 24.4 Å². The normalized spacial score (nSPS) is 14.2. The number of fused-ring (bicyclic) bond motifs is 1. The van der Waals surface area contributed by atoms with Crippen LogP contribution < -0.4 is 5.32 Å². The van der Waals surface area contributed by atoms with Gasteiger partial charge in [0, 0.05) is 18.2 Å². The van der Waals surface area contributed by atoms with Gasteiger partial charge in [0.05, 0.1) is 18.7 Å². The molecule has 3 aromatic rings. The number of benzene rings is 3. The third-order valence-corrected chi connectivity index (χ3v) is 4.87. The number of imide groups is 1. The minimum absolute atomic E-state index is 0.138. The van der Waals surface area contributed by atoms with Gasteiger partial charge >= 0.3 is 0 Å². The fourth-order valence-electron chi connectivity index (χ4n) is 3.43. The molecular weight excluding hydrogens is 371 g/mol. The molecule has 0 saturated carbocycles. The molecule has 1 aliphatic rings. The number of halogens is 1. The van der Waals surface area contributed by atoms with Gasteiger partial charge < -0.3 is 10.1 Å². The third kappa shape index (κ3) is 3.50. The quantitative estimate of drug-likeness (QED) is 0.650. The molecule has 1 heterocycles. The smallest absolute Gasteiger partial charge is 0.278 e. The first-order valence-electron chi connectivity index (χ1n) is 9.20. The standard InChI is InChI=1S/C23H19FN2O3/c1-29-14-13-26-22(27)20(16-9-11-17(24)12-10-16)21(23(26)28)25-19-8-4-6-15-5-2-3-7-18(15)19/h2-12,25H,13-14H2,1H3. The Hall–Kier alpha value is -3.51. The first kappa shape index (κ1) is 18.8. The molecule has 5 nitrogen and oxygen atoms in total. The summed E-state index contributed by atoms with van der Waals surface area (Å²) in [4.78, 5) is 27.2. The SMILES string of the molecule is COCCN1C(=O)C(Nc2cccc3ccccc23)=C(c2ccc(F)cc2)C1=O. The van der Waals surface area contributed by atoms with Crippen LogP contribution in [0.5, 0.6) is 0 Å². The molecule has 0 spiro atoms. The van der Waals surface area contributed by atoms with Crippen LogP contribution in [0.4, 0.5) is 10.1 Å². The molecule has 0 unspecified atom stereocenters. The van der Waals surface area contributed by atoms with Crippen molar-refractivity contribution in [2.24, 2.45) is 0 Å². The summed E-state index contributed by atoms with van der Waals surface area (Å²) in [7, 11) is 1.51. The lowest BCUT2D eigenvalue weighted by Gasteiger charge is -2.15. The van der Waals surface area contributed by atoms with Crippen LogP contribution in [0.15, 0.2) is 72.4 Å². The molecule has 0 aliphatic carbocycles. The van der Waals surface area contributed by atoms with Gasteiger partial charge in [-0.15, -0.1) is 0 Å². The maximum atomic E-state index is 13.4. The summed E-state index contributed by atoms with van der Waals surface area (Å²) >= 11 is 0. The van der Waals surface area contributed by atoms with Gasteiger partial charge in [-0.3, -0.25) is 14.5 Å². The van der Waals surface area contributed by atoms with E-state index in [0.29, 0.717) is 11.3 Å². The number of nitrogens with one attached hydrogen (secondary N) is 1. The Morgan fingerprint density at radius 3 is 2.41 bits per heavy atom. The molecule has 0 bridgehead atoms. The number of ether oxygens (including phenoxy) is 1. The minimum atomic E-state index is -0.431. The molecule has 2 amide bonds. The van der Waals surface area contributed by atoms with E-state index in [1.807, 2.05) is 42.5 Å². The lowest BCUT2D eigenvalue weighted by atomic mass is 10.0. The Bertz CT molecular complexity index is 1120. The van der Waals surface area contributed by atoms with Crippen LogP contribution in [0.1, 0.15) is 5.56 Å². The molecule has 0 radical (unpaired) electrons. The Morgan fingerprint density at radius 2 is 1.66 bits per heavy atom. The van der Waals surface area contributed by atoms with Crippen LogP contribution in [-0.4, -0.2) is 37.0 Å². The highest BCUT2D eigenvalue weighted by Crippen LogP contribution is 2.32. The summed E-state index contributed by atoms with van der Waals surface area (Å²) in [6.07, 6.45) is 0. The van der Waals surface area contributed by atoms with E-state index < -0.39 is 17.6 Å². The third-order valence-electron chi connectivity index (χ3n) is 4.87. The lowest BCUT2D eigenvalue weighted by molar-refractivity contribution is -0.137. The van der Waals surface area contributed by atoms with Crippen LogP contribution in [0.3, 0.4) is 0 Å². The lowest BCUT2D eigenvalue weighted by Crippen LogP contribution is -2.35. The monoisotopic (exact) mass is 390 g/mol. The maximum Gasteiger partial charge on any atom is 0.278 e. The Labute approximate surface area is 167 Å². The fraction of sp³-hybridized carbons (Fsp3) is 0.130. The van der Waals surface area contributed by atoms with Gasteiger partial charge in [-0.05, 0) is 29.1 Å². The van der Waals surface area contributed by atoms with Crippen molar-refractivity contribution in [1.29, 1.82) is 0 Å². The first-order valence-corrected chi connectivity index (χ1v) is 9.20. The number of hydrogen-bond acceptors (Lipinski definition) is 4. The molecule has 1 aliphatic heterocycles. The largest absolute Gasteiger partial charge is 0.383 e. The average Bonchev–Trinajstić information content (AvgIpc) is 2.97. The zero-order valence-electron chi connectivity index (χ0n) is 15.8. The summed E-state index contributed by atoms with van der Waals surface area (Å²) < 4.78 is 18.4. The molecule has 146 valence electrons. The van der Waals surface area contributed by atoms with Crippen molar-refractivity contribution in [1.82, 2.24) is 4.90 Å². The predicted octanol–water partition coefficient (Wildman–Crippen LogP) is 3.82. The summed E-state index contributed by atoms with van der Waals surface area (Å²) in [5.74, 6) is -1.27. The van der Waals surface area contributed by atoms with Gasteiger partial charge in [-0.2, -0.15) is 0 Å². The number of amides is 2. The van der Waals surface area contributed by atoms with Gasteiger partial charge in [0.15, 0.2) is 0 Å². The second-order valence-corrected chi connectivity index (χ2v) is 6.66. The highest BCUT2D eigenvalue weighted by atomic mass is 19.1. The van der Waals surface area contributed by atoms with Gasteiger partial charge in [-0.1, -0.05) is 48.5 Å². The van der Waals surface area contributed by atoms with E-state index in [2.05, 4.69) is 5.32 Å². The number of anilines is 1. The van der Waals surface area contributed by atoms with Crippen LogP contribution in [0, 0.1) is 5.82 Å². The van der Waals surface area contributed by atoms with E-state index in [0.717, 1.165) is 15.7 Å². The zero-order chi connectivity index (χ0) is 20.4. The second-order valence-electron chi connectivity index (χ2n) is 6.66. The molecule has 3 aromatic carbocycles. The van der Waals surface area contributed by atoms with Crippen molar-refractivity contribution < 1.29 is 18.7 Å². The van der Waals surface area contributed by atoms with E-state index in [1.54, 1.807) is 0 Å². The van der Waals surface area contributed by atoms with E-state index in [9.17, 15) is 14.0 Å². The molecule has 0 fully saturated rings. The van der Waals surface area contributed by atoms with E-state index in [4.69, 9.17) is 4.74 Å². The van der Waals surface area contributed by atoms with Crippen LogP contribution in [0.25, 0.3) is 16.3 Å². The topological polar surface area (TPSA) is 58.6 Å². The van der Waals surface area contributed by atoms with Crippen LogP contribution in [-0.2, 0) is 14.3 Å². The molecule has 0 atom stereocenters. The molecule has 6 heteroatoms. The molecule has 1 N–H and O–H groups in total. The van der Waals surface area contributed by atoms with Gasteiger partial charge in [0.1, 0.15) is 11.5 Å². The highest BCUT2D eigenvalue weighted by molar-refractivity contribution is 6.36. The molecule has 0 aromatic heterocycles. The van der Waals surface area contributed by atoms with Gasteiger partial charge in [0.2, 0.25) is 0 Å². The summed E-state index contributed by atoms with van der Waals surface area (Å²) in [6, 6.07) is 19.0. The highest BCUT2D eigenvalue weighted by Gasteiger charge is 2.39. The van der Waals surface area contributed by atoms with Crippen molar-refractivity contribution in [3.8, 4) is 0 Å². The molecule has 0 saturated heterocycles. The van der Waals surface area contributed by atoms with Gasteiger partial charge in [-0.25, -0.2) is 4.39 Å². The molecule has 4 rings (SSSR count). The summed E-state index contributed by atoms with van der Waals surface area (Å²) in [5, 5.41) is 5.10. The van der Waals surface area contributed by atoms with Crippen molar-refractivity contribution >= 4 is 33.8 Å². The van der Waals surface area contributed by atoms with Crippen molar-refractivity contribution in [3.63, 3.8) is 0 Å². The summed E-state index contributed by atoms with van der Waals surface area (Å²) in [5.41, 5.74) is 1.59. The Morgan fingerprint density at radius 1 is 0.931 bits per heavy atom. The predicted molar refractivity (Wildman–Crippen MR) is 109 cm³/mol. The maximum absolute atomic E-state index is 13.4. The van der Waals surface area contributed by atoms with E-state index >= 15 is 0 Å². The second kappa shape index (κ2) is 7.85. The number of methoxy groups -OCH3 is 1.